The first kappa shape index (κ1) is 13.4. The van der Waals surface area contributed by atoms with Gasteiger partial charge in [0.25, 0.3) is 0 Å². The highest BCUT2D eigenvalue weighted by molar-refractivity contribution is 5.83. The maximum atomic E-state index is 11.5. The van der Waals surface area contributed by atoms with Gasteiger partial charge in [0.2, 0.25) is 0 Å². The van der Waals surface area contributed by atoms with Gasteiger partial charge in [0.05, 0.1) is 5.92 Å². The first-order valence-corrected chi connectivity index (χ1v) is 5.92. The van der Waals surface area contributed by atoms with Crippen LogP contribution in [0.25, 0.3) is 0 Å². The van der Waals surface area contributed by atoms with Gasteiger partial charge < -0.3 is 5.11 Å². The van der Waals surface area contributed by atoms with E-state index in [0.717, 1.165) is 12.0 Å². The third-order valence-electron chi connectivity index (χ3n) is 2.68. The van der Waals surface area contributed by atoms with Crippen LogP contribution in [0.1, 0.15) is 31.7 Å². The fourth-order valence-corrected chi connectivity index (χ4v) is 1.80. The normalized spacial score (nSPS) is 12.1. The number of rotatable bonds is 7. The number of ketones is 1. The van der Waals surface area contributed by atoms with E-state index in [-0.39, 0.29) is 12.2 Å². The van der Waals surface area contributed by atoms with Crippen molar-refractivity contribution in [2.75, 3.05) is 0 Å². The molecule has 3 heteroatoms. The first-order chi connectivity index (χ1) is 8.13. The van der Waals surface area contributed by atoms with E-state index in [2.05, 4.69) is 0 Å². The van der Waals surface area contributed by atoms with Crippen molar-refractivity contribution in [2.24, 2.45) is 5.92 Å². The van der Waals surface area contributed by atoms with E-state index in [0.29, 0.717) is 12.8 Å². The predicted octanol–water partition coefficient (Wildman–Crippen LogP) is 2.69. The van der Waals surface area contributed by atoms with Crippen LogP contribution >= 0.6 is 0 Å². The van der Waals surface area contributed by atoms with E-state index in [1.54, 1.807) is 0 Å². The average molecular weight is 234 g/mol. The number of hydrogen-bond acceptors (Lipinski definition) is 2. The smallest absolute Gasteiger partial charge is 0.307 e. The summed E-state index contributed by atoms with van der Waals surface area (Å²) in [7, 11) is 0. The molecule has 1 atom stereocenters. The lowest BCUT2D eigenvalue weighted by molar-refractivity contribution is -0.143. The Balaban J connectivity index is 2.61. The predicted molar refractivity (Wildman–Crippen MR) is 65.8 cm³/mol. The van der Waals surface area contributed by atoms with E-state index >= 15 is 0 Å². The monoisotopic (exact) mass is 234 g/mol. The number of hydrogen-bond donors (Lipinski definition) is 1. The number of carboxylic acids is 1. The second-order valence-electron chi connectivity index (χ2n) is 4.22. The summed E-state index contributed by atoms with van der Waals surface area (Å²) >= 11 is 0. The van der Waals surface area contributed by atoms with Gasteiger partial charge in [0.1, 0.15) is 5.78 Å². The zero-order chi connectivity index (χ0) is 12.7. The fourth-order valence-electron chi connectivity index (χ4n) is 1.80. The molecular formula is C14H18O3. The number of aliphatic carboxylic acids is 1. The van der Waals surface area contributed by atoms with Crippen molar-refractivity contribution >= 4 is 11.8 Å². The molecule has 0 aliphatic carbocycles. The Morgan fingerprint density at radius 3 is 2.41 bits per heavy atom. The van der Waals surface area contributed by atoms with Crippen LogP contribution in [-0.2, 0) is 16.0 Å². The molecule has 17 heavy (non-hydrogen) atoms. The van der Waals surface area contributed by atoms with Gasteiger partial charge in [-0.05, 0) is 18.4 Å². The Hall–Kier alpha value is -1.64. The number of Topliss-reactive ketones (excluding diaryl/α,β-unsaturated/α-hetero) is 1. The number of benzene rings is 1. The van der Waals surface area contributed by atoms with Crippen LogP contribution in [0.5, 0.6) is 0 Å². The summed E-state index contributed by atoms with van der Waals surface area (Å²) in [6.07, 6.45) is 1.80. The number of carbonyl (C=O) groups is 2. The van der Waals surface area contributed by atoms with Gasteiger partial charge in [-0.1, -0.05) is 37.3 Å². The van der Waals surface area contributed by atoms with Gasteiger partial charge in [-0.2, -0.15) is 0 Å². The Bertz CT molecular complexity index is 370. The molecule has 0 fully saturated rings. The van der Waals surface area contributed by atoms with Gasteiger partial charge in [-0.15, -0.1) is 0 Å². The minimum atomic E-state index is -0.890. The molecule has 0 heterocycles. The highest BCUT2D eigenvalue weighted by atomic mass is 16.4. The quantitative estimate of drug-likeness (QED) is 0.789. The summed E-state index contributed by atoms with van der Waals surface area (Å²) in [5, 5.41) is 9.10. The van der Waals surface area contributed by atoms with E-state index < -0.39 is 11.9 Å². The second kappa shape index (κ2) is 6.84. The molecule has 92 valence electrons. The van der Waals surface area contributed by atoms with Crippen LogP contribution in [0.3, 0.4) is 0 Å². The zero-order valence-corrected chi connectivity index (χ0v) is 10.1. The summed E-state index contributed by atoms with van der Waals surface area (Å²) in [6, 6.07) is 9.42. The van der Waals surface area contributed by atoms with Crippen molar-refractivity contribution in [1.29, 1.82) is 0 Å². The third kappa shape index (κ3) is 4.81. The second-order valence-corrected chi connectivity index (χ2v) is 4.22. The molecule has 0 spiro atoms. The largest absolute Gasteiger partial charge is 0.481 e. The summed E-state index contributed by atoms with van der Waals surface area (Å²) in [5.41, 5.74) is 0.962. The SMILES string of the molecule is CCCC(=O)C[C@@H](Cc1ccccc1)C(=O)O. The molecule has 0 aliphatic heterocycles. The topological polar surface area (TPSA) is 54.4 Å². The molecular weight excluding hydrogens is 216 g/mol. The molecule has 0 amide bonds. The number of carboxylic acid groups (broad SMARTS) is 1. The average Bonchev–Trinajstić information content (AvgIpc) is 2.29. The molecule has 0 saturated carbocycles. The highest BCUT2D eigenvalue weighted by Gasteiger charge is 2.20. The molecule has 0 unspecified atom stereocenters. The highest BCUT2D eigenvalue weighted by Crippen LogP contribution is 2.14. The van der Waals surface area contributed by atoms with Crippen molar-refractivity contribution in [3.63, 3.8) is 0 Å². The van der Waals surface area contributed by atoms with Crippen LogP contribution in [0.2, 0.25) is 0 Å². The minimum Gasteiger partial charge on any atom is -0.481 e. The molecule has 1 rings (SSSR count). The summed E-state index contributed by atoms with van der Waals surface area (Å²) in [4.78, 5) is 22.6. The Morgan fingerprint density at radius 2 is 1.88 bits per heavy atom. The lowest BCUT2D eigenvalue weighted by Gasteiger charge is -2.11. The van der Waals surface area contributed by atoms with Crippen LogP contribution in [0.4, 0.5) is 0 Å². The maximum Gasteiger partial charge on any atom is 0.307 e. The van der Waals surface area contributed by atoms with E-state index in [9.17, 15) is 9.59 Å². The summed E-state index contributed by atoms with van der Waals surface area (Å²) in [5.74, 6) is -1.45. The van der Waals surface area contributed by atoms with Crippen molar-refractivity contribution < 1.29 is 14.7 Å². The summed E-state index contributed by atoms with van der Waals surface area (Å²) in [6.45, 7) is 1.92. The lowest BCUT2D eigenvalue weighted by atomic mass is 9.93. The number of carbonyl (C=O) groups excluding carboxylic acids is 1. The molecule has 0 bridgehead atoms. The van der Waals surface area contributed by atoms with Gasteiger partial charge in [0.15, 0.2) is 0 Å². The zero-order valence-electron chi connectivity index (χ0n) is 10.1. The Morgan fingerprint density at radius 1 is 1.24 bits per heavy atom. The van der Waals surface area contributed by atoms with Crippen LogP contribution in [0, 0.1) is 5.92 Å². The standard InChI is InChI=1S/C14H18O3/c1-2-6-13(15)10-12(14(16)17)9-11-7-4-3-5-8-11/h3-5,7-8,12H,2,6,9-10H2,1H3,(H,16,17)/t12-/m1/s1. The van der Waals surface area contributed by atoms with Crippen LogP contribution < -0.4 is 0 Å². The van der Waals surface area contributed by atoms with E-state index in [1.807, 2.05) is 37.3 Å². The van der Waals surface area contributed by atoms with Crippen molar-refractivity contribution in [1.82, 2.24) is 0 Å². The summed E-state index contributed by atoms with van der Waals surface area (Å²) < 4.78 is 0. The Kier molecular flexibility index (Phi) is 5.40. The van der Waals surface area contributed by atoms with E-state index in [4.69, 9.17) is 5.11 Å². The van der Waals surface area contributed by atoms with Crippen molar-refractivity contribution in [3.05, 3.63) is 35.9 Å². The van der Waals surface area contributed by atoms with Gasteiger partial charge in [0, 0.05) is 12.8 Å². The molecule has 1 aromatic carbocycles. The minimum absolute atomic E-state index is 0.0378. The molecule has 0 aromatic heterocycles. The van der Waals surface area contributed by atoms with Gasteiger partial charge in [-0.25, -0.2) is 0 Å². The van der Waals surface area contributed by atoms with Crippen molar-refractivity contribution in [2.45, 2.75) is 32.6 Å². The molecule has 3 nitrogen and oxygen atoms in total. The lowest BCUT2D eigenvalue weighted by Crippen LogP contribution is -2.20. The van der Waals surface area contributed by atoms with Crippen LogP contribution in [0.15, 0.2) is 30.3 Å². The first-order valence-electron chi connectivity index (χ1n) is 5.92. The van der Waals surface area contributed by atoms with Gasteiger partial charge in [-0.3, -0.25) is 9.59 Å². The molecule has 1 N–H and O–H groups in total. The van der Waals surface area contributed by atoms with E-state index in [1.165, 1.54) is 0 Å². The fraction of sp³-hybridized carbons (Fsp3) is 0.429. The third-order valence-corrected chi connectivity index (χ3v) is 2.68. The van der Waals surface area contributed by atoms with Crippen molar-refractivity contribution in [3.8, 4) is 0 Å². The Labute approximate surface area is 101 Å². The molecule has 1 aromatic rings. The maximum absolute atomic E-state index is 11.5. The molecule has 0 aliphatic rings. The molecule has 0 saturated heterocycles. The van der Waals surface area contributed by atoms with Crippen LogP contribution in [-0.4, -0.2) is 16.9 Å². The van der Waals surface area contributed by atoms with Gasteiger partial charge >= 0.3 is 5.97 Å². The molecule has 0 radical (unpaired) electrons.